The molecule has 0 spiro atoms. The summed E-state index contributed by atoms with van der Waals surface area (Å²) in [6.45, 7) is 10.1. The zero-order valence-corrected chi connectivity index (χ0v) is 18.4. The number of nitrogens with two attached hydrogens (primary N) is 2. The number of hydrazine groups is 2. The molecule has 0 aliphatic carbocycles. The van der Waals surface area contributed by atoms with Crippen molar-refractivity contribution in [3.05, 3.63) is 52.7 Å². The zero-order chi connectivity index (χ0) is 21.8. The predicted octanol–water partition coefficient (Wildman–Crippen LogP) is 3.58. The highest BCUT2D eigenvalue weighted by atomic mass is 16.5. The highest BCUT2D eigenvalue weighted by molar-refractivity contribution is 5.95. The number of anilines is 2. The average molecular weight is 412 g/mol. The Morgan fingerprint density at radius 3 is 2.53 bits per heavy atom. The molecule has 1 aromatic heterocycles. The fourth-order valence-corrected chi connectivity index (χ4v) is 3.89. The van der Waals surface area contributed by atoms with Gasteiger partial charge in [-0.05, 0) is 61.8 Å². The lowest BCUT2D eigenvalue weighted by Crippen LogP contribution is -2.42. The van der Waals surface area contributed by atoms with Gasteiger partial charge in [0.2, 0.25) is 0 Å². The molecule has 0 bridgehead atoms. The lowest BCUT2D eigenvalue weighted by Gasteiger charge is -2.28. The second kappa shape index (κ2) is 9.55. The van der Waals surface area contributed by atoms with E-state index < -0.39 is 0 Å². The van der Waals surface area contributed by atoms with Crippen molar-refractivity contribution >= 4 is 17.4 Å². The van der Waals surface area contributed by atoms with Crippen molar-refractivity contribution in [1.29, 1.82) is 0 Å². The van der Waals surface area contributed by atoms with Gasteiger partial charge >= 0.3 is 0 Å². The molecule has 0 radical (unpaired) electrons. The molecule has 7 nitrogen and oxygen atoms in total. The quantitative estimate of drug-likeness (QED) is 0.428. The van der Waals surface area contributed by atoms with Gasteiger partial charge in [-0.15, -0.1) is 0 Å². The molecule has 1 aromatic carbocycles. The Labute approximate surface area is 178 Å². The molecule has 4 N–H and O–H groups in total. The molecule has 2 aromatic rings. The van der Waals surface area contributed by atoms with Gasteiger partial charge in [0.05, 0.1) is 11.3 Å². The largest absolute Gasteiger partial charge is 0.381 e. The van der Waals surface area contributed by atoms with Crippen molar-refractivity contribution in [3.63, 3.8) is 0 Å². The fourth-order valence-electron chi connectivity index (χ4n) is 3.89. The van der Waals surface area contributed by atoms with Crippen LogP contribution in [0.25, 0.3) is 0 Å². The number of hydrogen-bond donors (Lipinski definition) is 2. The van der Waals surface area contributed by atoms with E-state index >= 15 is 0 Å². The molecule has 1 fully saturated rings. The van der Waals surface area contributed by atoms with Crippen LogP contribution < -0.4 is 16.7 Å². The molecule has 7 heteroatoms. The Morgan fingerprint density at radius 2 is 1.90 bits per heavy atom. The highest BCUT2D eigenvalue weighted by Crippen LogP contribution is 2.29. The van der Waals surface area contributed by atoms with Gasteiger partial charge < -0.3 is 4.74 Å². The normalized spacial score (nSPS) is 14.8. The summed E-state index contributed by atoms with van der Waals surface area (Å²) in [5.41, 5.74) is 4.52. The van der Waals surface area contributed by atoms with E-state index in [9.17, 15) is 4.79 Å². The van der Waals surface area contributed by atoms with E-state index in [1.54, 1.807) is 11.2 Å². The van der Waals surface area contributed by atoms with E-state index in [4.69, 9.17) is 16.4 Å². The van der Waals surface area contributed by atoms with Crippen LogP contribution in [0.4, 0.5) is 11.5 Å². The number of nitrogens with zero attached hydrogens (tertiary/aromatic N) is 3. The summed E-state index contributed by atoms with van der Waals surface area (Å²) in [4.78, 5) is 17.6. The number of pyridine rings is 1. The third kappa shape index (κ3) is 4.98. The maximum absolute atomic E-state index is 13.1. The van der Waals surface area contributed by atoms with Crippen molar-refractivity contribution in [2.24, 2.45) is 17.6 Å². The minimum absolute atomic E-state index is 0.120. The molecule has 1 amide bonds. The van der Waals surface area contributed by atoms with Crippen LogP contribution in [0.1, 0.15) is 59.7 Å². The molecular weight excluding hydrogens is 378 g/mol. The van der Waals surface area contributed by atoms with Crippen LogP contribution in [-0.4, -0.2) is 35.7 Å². The molecule has 0 atom stereocenters. The molecular formula is C23H33N5O2. The molecule has 0 unspecified atom stereocenters. The van der Waals surface area contributed by atoms with Crippen LogP contribution in [0.15, 0.2) is 30.5 Å². The molecule has 1 aliphatic rings. The van der Waals surface area contributed by atoms with E-state index in [1.165, 1.54) is 10.6 Å². The van der Waals surface area contributed by atoms with Gasteiger partial charge in [-0.3, -0.25) is 14.8 Å². The third-order valence-electron chi connectivity index (χ3n) is 5.69. The summed E-state index contributed by atoms with van der Waals surface area (Å²) in [6, 6.07) is 7.97. The monoisotopic (exact) mass is 411 g/mol. The molecule has 1 saturated heterocycles. The Kier molecular flexibility index (Phi) is 7.07. The Hall–Kier alpha value is -2.48. The number of carbonyl (C=O) groups is 1. The van der Waals surface area contributed by atoms with Gasteiger partial charge in [0, 0.05) is 26.0 Å². The van der Waals surface area contributed by atoms with E-state index in [0.29, 0.717) is 23.8 Å². The number of carbonyl (C=O) groups excluding carboxylic acids is 1. The summed E-state index contributed by atoms with van der Waals surface area (Å²) in [6.07, 6.45) is 3.45. The van der Waals surface area contributed by atoms with Crippen LogP contribution in [0.3, 0.4) is 0 Å². The van der Waals surface area contributed by atoms with Crippen molar-refractivity contribution < 1.29 is 9.53 Å². The number of aryl methyl sites for hydroxylation is 2. The number of amides is 1. The first-order valence-electron chi connectivity index (χ1n) is 10.5. The zero-order valence-electron chi connectivity index (χ0n) is 18.4. The summed E-state index contributed by atoms with van der Waals surface area (Å²) in [5.74, 6) is 13.4. The molecule has 30 heavy (non-hydrogen) atoms. The SMILES string of the molecule is Cc1ccc(N(N)c2cc(C(C)C)c(C(=O)N(N)CC3CCOCC3)cn2)c(C)c1. The van der Waals surface area contributed by atoms with Crippen molar-refractivity contribution in [1.82, 2.24) is 9.99 Å². The average Bonchev–Trinajstić information content (AvgIpc) is 2.73. The fraction of sp³-hybridized carbons (Fsp3) is 0.478. The maximum Gasteiger partial charge on any atom is 0.269 e. The highest BCUT2D eigenvalue weighted by Gasteiger charge is 2.24. The Morgan fingerprint density at radius 1 is 1.20 bits per heavy atom. The van der Waals surface area contributed by atoms with Crippen molar-refractivity contribution in [2.45, 2.75) is 46.5 Å². The predicted molar refractivity (Wildman–Crippen MR) is 119 cm³/mol. The number of ether oxygens (including phenoxy) is 1. The smallest absolute Gasteiger partial charge is 0.269 e. The summed E-state index contributed by atoms with van der Waals surface area (Å²) in [7, 11) is 0. The standard InChI is InChI=1S/C23H33N5O2/c1-15(2)19-12-22(28(25)21-6-5-16(3)11-17(21)4)26-13-20(19)23(29)27(24)14-18-7-9-30-10-8-18/h5-6,11-13,15,18H,7-10,14,24-25H2,1-4H3. The van der Waals surface area contributed by atoms with Crippen molar-refractivity contribution in [3.8, 4) is 0 Å². The van der Waals surface area contributed by atoms with Crippen LogP contribution in [0.2, 0.25) is 0 Å². The van der Waals surface area contributed by atoms with Gasteiger partial charge in [-0.2, -0.15) is 0 Å². The third-order valence-corrected chi connectivity index (χ3v) is 5.69. The van der Waals surface area contributed by atoms with E-state index in [0.717, 1.165) is 42.9 Å². The number of rotatable bonds is 6. The molecule has 2 heterocycles. The second-order valence-corrected chi connectivity index (χ2v) is 8.46. The first-order chi connectivity index (χ1) is 14.3. The van der Waals surface area contributed by atoms with Gasteiger partial charge in [0.1, 0.15) is 5.82 Å². The molecule has 3 rings (SSSR count). The summed E-state index contributed by atoms with van der Waals surface area (Å²) < 4.78 is 5.39. The Balaban J connectivity index is 1.84. The minimum Gasteiger partial charge on any atom is -0.381 e. The van der Waals surface area contributed by atoms with Crippen molar-refractivity contribution in [2.75, 3.05) is 24.8 Å². The minimum atomic E-state index is -0.209. The summed E-state index contributed by atoms with van der Waals surface area (Å²) >= 11 is 0. The maximum atomic E-state index is 13.1. The van der Waals surface area contributed by atoms with Crippen LogP contribution >= 0.6 is 0 Å². The number of hydrogen-bond acceptors (Lipinski definition) is 6. The van der Waals surface area contributed by atoms with Crippen LogP contribution in [0.5, 0.6) is 0 Å². The van der Waals surface area contributed by atoms with Crippen LogP contribution in [-0.2, 0) is 4.74 Å². The molecule has 0 saturated carbocycles. The van der Waals surface area contributed by atoms with Crippen LogP contribution in [0, 0.1) is 19.8 Å². The first kappa shape index (κ1) is 22.2. The lowest BCUT2D eigenvalue weighted by atomic mass is 9.97. The number of benzene rings is 1. The van der Waals surface area contributed by atoms with E-state index in [1.807, 2.05) is 45.9 Å². The topological polar surface area (TPSA) is 97.7 Å². The van der Waals surface area contributed by atoms with E-state index in [2.05, 4.69) is 11.1 Å². The summed E-state index contributed by atoms with van der Waals surface area (Å²) in [5, 5.41) is 2.89. The Bertz CT molecular complexity index is 893. The van der Waals surface area contributed by atoms with E-state index in [-0.39, 0.29) is 11.8 Å². The molecule has 162 valence electrons. The van der Waals surface area contributed by atoms with Gasteiger partial charge in [-0.25, -0.2) is 16.7 Å². The lowest BCUT2D eigenvalue weighted by molar-refractivity contribution is 0.0457. The number of aromatic nitrogens is 1. The second-order valence-electron chi connectivity index (χ2n) is 8.46. The molecule has 1 aliphatic heterocycles. The van der Waals surface area contributed by atoms with Gasteiger partial charge in [0.15, 0.2) is 0 Å². The van der Waals surface area contributed by atoms with Gasteiger partial charge in [0.25, 0.3) is 5.91 Å². The first-order valence-corrected chi connectivity index (χ1v) is 10.5. The van der Waals surface area contributed by atoms with Gasteiger partial charge in [-0.1, -0.05) is 31.5 Å².